The second-order valence-electron chi connectivity index (χ2n) is 6.20. The van der Waals surface area contributed by atoms with Crippen LogP contribution in [-0.2, 0) is 15.7 Å². The first-order valence-corrected chi connectivity index (χ1v) is 8.90. The van der Waals surface area contributed by atoms with Gasteiger partial charge in [-0.15, -0.1) is 0 Å². The van der Waals surface area contributed by atoms with E-state index >= 15 is 0 Å². The SMILES string of the molecule is Cc1cc(C(=O)O[C@@H](C(=O)Nc2cc(C(F)(F)F)ccc2Cl)c2ccccc2)no1. The molecule has 0 unspecified atom stereocenters. The van der Waals surface area contributed by atoms with E-state index in [4.69, 9.17) is 20.9 Å². The van der Waals surface area contributed by atoms with Gasteiger partial charge >= 0.3 is 12.1 Å². The molecule has 10 heteroatoms. The molecular weight excluding hydrogens is 425 g/mol. The summed E-state index contributed by atoms with van der Waals surface area (Å²) >= 11 is 5.93. The minimum Gasteiger partial charge on any atom is -0.442 e. The number of nitrogens with zero attached hydrogens (tertiary/aromatic N) is 1. The van der Waals surface area contributed by atoms with Gasteiger partial charge in [-0.05, 0) is 25.1 Å². The fourth-order valence-electron chi connectivity index (χ4n) is 2.53. The molecule has 0 saturated carbocycles. The van der Waals surface area contributed by atoms with Crippen molar-refractivity contribution in [3.8, 4) is 0 Å². The number of nitrogens with one attached hydrogen (secondary N) is 1. The third-order valence-corrected chi connectivity index (χ3v) is 4.28. The molecule has 0 aliphatic carbocycles. The van der Waals surface area contributed by atoms with Crippen LogP contribution in [-0.4, -0.2) is 17.0 Å². The van der Waals surface area contributed by atoms with Crippen molar-refractivity contribution in [2.24, 2.45) is 0 Å². The zero-order valence-corrected chi connectivity index (χ0v) is 16.1. The van der Waals surface area contributed by atoms with E-state index in [1.165, 1.54) is 18.2 Å². The minimum atomic E-state index is -4.62. The number of ether oxygens (including phenoxy) is 1. The van der Waals surface area contributed by atoms with Gasteiger partial charge < -0.3 is 14.6 Å². The summed E-state index contributed by atoms with van der Waals surface area (Å²) in [5.74, 6) is -1.47. The van der Waals surface area contributed by atoms with Gasteiger partial charge in [0.05, 0.1) is 16.3 Å². The maximum absolute atomic E-state index is 13.0. The molecule has 1 atom stereocenters. The van der Waals surface area contributed by atoms with Gasteiger partial charge in [0.25, 0.3) is 5.91 Å². The van der Waals surface area contributed by atoms with E-state index in [1.54, 1.807) is 25.1 Å². The van der Waals surface area contributed by atoms with Gasteiger partial charge in [-0.25, -0.2) is 4.79 Å². The molecule has 6 nitrogen and oxygen atoms in total. The first-order valence-electron chi connectivity index (χ1n) is 8.52. The van der Waals surface area contributed by atoms with Crippen molar-refractivity contribution in [2.75, 3.05) is 5.32 Å². The molecule has 0 spiro atoms. The van der Waals surface area contributed by atoms with Crippen LogP contribution in [0.5, 0.6) is 0 Å². The van der Waals surface area contributed by atoms with Crippen molar-refractivity contribution < 1.29 is 32.0 Å². The van der Waals surface area contributed by atoms with Crippen LogP contribution in [0.1, 0.15) is 33.5 Å². The van der Waals surface area contributed by atoms with E-state index < -0.39 is 29.7 Å². The Hall–Kier alpha value is -3.33. The number of halogens is 4. The molecule has 2 aromatic carbocycles. The van der Waals surface area contributed by atoms with Gasteiger partial charge in [-0.1, -0.05) is 47.1 Å². The lowest BCUT2D eigenvalue weighted by molar-refractivity contribution is -0.137. The topological polar surface area (TPSA) is 81.4 Å². The van der Waals surface area contributed by atoms with E-state index in [0.717, 1.165) is 12.1 Å². The lowest BCUT2D eigenvalue weighted by Crippen LogP contribution is -2.26. The number of hydrogen-bond donors (Lipinski definition) is 1. The third-order valence-electron chi connectivity index (χ3n) is 3.95. The summed E-state index contributed by atoms with van der Waals surface area (Å²) in [5.41, 5.74) is -1.12. The standard InChI is InChI=1S/C20H14ClF3N2O4/c1-11-9-16(26-30-11)19(28)29-17(12-5-3-2-4-6-12)18(27)25-15-10-13(20(22,23)24)7-8-14(15)21/h2-10,17H,1H3,(H,25,27)/t17-/m1/s1. The predicted octanol–water partition coefficient (Wildman–Crippen LogP) is 5.19. The number of amides is 1. The third kappa shape index (κ3) is 4.98. The number of carbonyl (C=O) groups excluding carboxylic acids is 2. The Labute approximate surface area is 173 Å². The summed E-state index contributed by atoms with van der Waals surface area (Å²) in [6.07, 6.45) is -6.10. The normalized spacial score (nSPS) is 12.3. The molecular formula is C20H14ClF3N2O4. The Balaban J connectivity index is 1.89. The van der Waals surface area contributed by atoms with Crippen LogP contribution in [0.15, 0.2) is 59.1 Å². The van der Waals surface area contributed by atoms with Crippen molar-refractivity contribution in [2.45, 2.75) is 19.2 Å². The number of hydrogen-bond acceptors (Lipinski definition) is 5. The highest BCUT2D eigenvalue weighted by Gasteiger charge is 2.32. The maximum atomic E-state index is 13.0. The number of anilines is 1. The number of esters is 1. The highest BCUT2D eigenvalue weighted by molar-refractivity contribution is 6.33. The first kappa shape index (κ1) is 21.4. The Morgan fingerprint density at radius 3 is 2.43 bits per heavy atom. The van der Waals surface area contributed by atoms with Gasteiger partial charge in [0.15, 0.2) is 5.69 Å². The summed E-state index contributed by atoms with van der Waals surface area (Å²) in [7, 11) is 0. The van der Waals surface area contributed by atoms with E-state index in [2.05, 4.69) is 10.5 Å². The number of alkyl halides is 3. The Morgan fingerprint density at radius 1 is 1.13 bits per heavy atom. The van der Waals surface area contributed by atoms with Gasteiger partial charge in [0, 0.05) is 11.6 Å². The molecule has 0 aliphatic rings. The zero-order valence-electron chi connectivity index (χ0n) is 15.4. The van der Waals surface area contributed by atoms with Crippen LogP contribution in [0.4, 0.5) is 18.9 Å². The zero-order chi connectivity index (χ0) is 21.9. The number of rotatable bonds is 5. The lowest BCUT2D eigenvalue weighted by atomic mass is 10.1. The van der Waals surface area contributed by atoms with E-state index in [0.29, 0.717) is 17.4 Å². The van der Waals surface area contributed by atoms with Crippen LogP contribution >= 0.6 is 11.6 Å². The second kappa shape index (κ2) is 8.58. The molecule has 30 heavy (non-hydrogen) atoms. The summed E-state index contributed by atoms with van der Waals surface area (Å²) in [4.78, 5) is 25.2. The van der Waals surface area contributed by atoms with Gasteiger partial charge in [0.1, 0.15) is 5.76 Å². The van der Waals surface area contributed by atoms with Gasteiger partial charge in [-0.2, -0.15) is 13.2 Å². The largest absolute Gasteiger partial charge is 0.442 e. The molecule has 1 aromatic heterocycles. The van der Waals surface area contributed by atoms with Crippen molar-refractivity contribution in [1.29, 1.82) is 0 Å². The van der Waals surface area contributed by atoms with Crippen LogP contribution in [0, 0.1) is 6.92 Å². The van der Waals surface area contributed by atoms with Crippen LogP contribution < -0.4 is 5.32 Å². The summed E-state index contributed by atoms with van der Waals surface area (Å²) < 4.78 is 49.0. The monoisotopic (exact) mass is 438 g/mol. The Kier molecular flexibility index (Phi) is 6.12. The smallest absolute Gasteiger partial charge is 0.416 e. The molecule has 1 heterocycles. The van der Waals surface area contributed by atoms with Crippen molar-refractivity contribution in [3.63, 3.8) is 0 Å². The average Bonchev–Trinajstić information content (AvgIpc) is 3.14. The number of carbonyl (C=O) groups is 2. The fraction of sp³-hybridized carbons (Fsp3) is 0.150. The average molecular weight is 439 g/mol. The summed E-state index contributed by atoms with van der Waals surface area (Å²) in [5, 5.41) is 5.71. The lowest BCUT2D eigenvalue weighted by Gasteiger charge is -2.18. The Bertz CT molecular complexity index is 1070. The molecule has 0 bridgehead atoms. The maximum Gasteiger partial charge on any atom is 0.416 e. The fourth-order valence-corrected chi connectivity index (χ4v) is 2.69. The molecule has 156 valence electrons. The Morgan fingerprint density at radius 2 is 1.83 bits per heavy atom. The minimum absolute atomic E-state index is 0.110. The molecule has 0 radical (unpaired) electrons. The van der Waals surface area contributed by atoms with Crippen molar-refractivity contribution in [3.05, 3.63) is 82.2 Å². The van der Waals surface area contributed by atoms with Crippen LogP contribution in [0.25, 0.3) is 0 Å². The number of benzene rings is 2. The highest BCUT2D eigenvalue weighted by Crippen LogP contribution is 2.34. The number of aryl methyl sites for hydroxylation is 1. The van der Waals surface area contributed by atoms with Crippen molar-refractivity contribution in [1.82, 2.24) is 5.16 Å². The highest BCUT2D eigenvalue weighted by atomic mass is 35.5. The number of aromatic nitrogens is 1. The quantitative estimate of drug-likeness (QED) is 0.554. The molecule has 0 aliphatic heterocycles. The van der Waals surface area contributed by atoms with Gasteiger partial charge in [-0.3, -0.25) is 4.79 Å². The molecule has 0 saturated heterocycles. The summed E-state index contributed by atoms with van der Waals surface area (Å²) in [6.45, 7) is 1.57. The van der Waals surface area contributed by atoms with Crippen LogP contribution in [0.2, 0.25) is 5.02 Å². The summed E-state index contributed by atoms with van der Waals surface area (Å²) in [6, 6.07) is 11.8. The van der Waals surface area contributed by atoms with E-state index in [1.807, 2.05) is 0 Å². The van der Waals surface area contributed by atoms with Crippen molar-refractivity contribution >= 4 is 29.2 Å². The molecule has 3 aromatic rings. The molecule has 1 N–H and O–H groups in total. The molecule has 1 amide bonds. The first-order chi connectivity index (χ1) is 14.1. The second-order valence-corrected chi connectivity index (χ2v) is 6.61. The molecule has 0 fully saturated rings. The van der Waals surface area contributed by atoms with E-state index in [-0.39, 0.29) is 16.4 Å². The van der Waals surface area contributed by atoms with Gasteiger partial charge in [0.2, 0.25) is 6.10 Å². The molecule has 3 rings (SSSR count). The van der Waals surface area contributed by atoms with Crippen LogP contribution in [0.3, 0.4) is 0 Å². The van der Waals surface area contributed by atoms with E-state index in [9.17, 15) is 22.8 Å². The predicted molar refractivity (Wildman–Crippen MR) is 101 cm³/mol.